The van der Waals surface area contributed by atoms with E-state index in [-0.39, 0.29) is 18.3 Å². The molecule has 0 radical (unpaired) electrons. The van der Waals surface area contributed by atoms with E-state index in [2.05, 4.69) is 16.0 Å². The van der Waals surface area contributed by atoms with Crippen molar-refractivity contribution in [3.63, 3.8) is 0 Å². The second-order valence-electron chi connectivity index (χ2n) is 7.83. The summed E-state index contributed by atoms with van der Waals surface area (Å²) in [5.41, 5.74) is 5.20. The van der Waals surface area contributed by atoms with E-state index in [9.17, 15) is 14.0 Å². The van der Waals surface area contributed by atoms with Crippen LogP contribution < -0.4 is 20.9 Å². The van der Waals surface area contributed by atoms with Crippen molar-refractivity contribution < 1.29 is 14.0 Å². The van der Waals surface area contributed by atoms with Crippen LogP contribution in [0.4, 0.5) is 26.2 Å². The number of aryl methyl sites for hydroxylation is 2. The van der Waals surface area contributed by atoms with E-state index in [4.69, 9.17) is 0 Å². The number of carbonyl (C=O) groups excluding carboxylic acids is 2. The zero-order valence-electron chi connectivity index (χ0n) is 18.6. The van der Waals surface area contributed by atoms with E-state index < -0.39 is 6.03 Å². The van der Waals surface area contributed by atoms with Gasteiger partial charge in [0, 0.05) is 37.7 Å². The minimum atomic E-state index is -0.396. The zero-order valence-corrected chi connectivity index (χ0v) is 18.6. The van der Waals surface area contributed by atoms with E-state index in [1.165, 1.54) is 12.1 Å². The molecule has 0 aromatic heterocycles. The van der Waals surface area contributed by atoms with Crippen molar-refractivity contribution in [3.05, 3.63) is 88.7 Å². The fourth-order valence-corrected chi connectivity index (χ4v) is 3.30. The molecule has 0 saturated heterocycles. The van der Waals surface area contributed by atoms with Gasteiger partial charge >= 0.3 is 6.03 Å². The molecule has 0 aliphatic rings. The minimum absolute atomic E-state index is 0.261. The molecule has 0 saturated carbocycles. The molecule has 3 rings (SSSR count). The third kappa shape index (κ3) is 5.85. The van der Waals surface area contributed by atoms with E-state index >= 15 is 0 Å². The summed E-state index contributed by atoms with van der Waals surface area (Å²) >= 11 is 0. The molecule has 6 nitrogen and oxygen atoms in total. The molecule has 166 valence electrons. The number of benzene rings is 3. The number of hydrogen-bond donors (Lipinski definition) is 3. The summed E-state index contributed by atoms with van der Waals surface area (Å²) in [5.74, 6) is -0.621. The smallest absolute Gasteiger partial charge is 0.323 e. The van der Waals surface area contributed by atoms with Crippen LogP contribution in [0.25, 0.3) is 0 Å². The number of rotatable bonds is 6. The Morgan fingerprint density at radius 1 is 0.906 bits per heavy atom. The lowest BCUT2D eigenvalue weighted by molar-refractivity contribution is 0.0951. The Bertz CT molecular complexity index is 1130. The first-order valence-corrected chi connectivity index (χ1v) is 10.2. The first-order chi connectivity index (χ1) is 15.2. The van der Waals surface area contributed by atoms with Crippen LogP contribution in [0.2, 0.25) is 0 Å². The van der Waals surface area contributed by atoms with Crippen LogP contribution in [-0.4, -0.2) is 26.0 Å². The quantitative estimate of drug-likeness (QED) is 0.506. The van der Waals surface area contributed by atoms with Crippen molar-refractivity contribution in [2.24, 2.45) is 0 Å². The summed E-state index contributed by atoms with van der Waals surface area (Å²) in [4.78, 5) is 27.2. The Kier molecular flexibility index (Phi) is 7.10. The largest absolute Gasteiger partial charge is 0.377 e. The topological polar surface area (TPSA) is 73.5 Å². The summed E-state index contributed by atoms with van der Waals surface area (Å²) in [7, 11) is 3.68. The predicted octanol–water partition coefficient (Wildman–Crippen LogP) is 5.08. The van der Waals surface area contributed by atoms with Gasteiger partial charge in [-0.05, 0) is 61.4 Å². The maximum absolute atomic E-state index is 13.1. The first-order valence-electron chi connectivity index (χ1n) is 10.2. The van der Waals surface area contributed by atoms with Gasteiger partial charge in [0.1, 0.15) is 5.82 Å². The second-order valence-corrected chi connectivity index (χ2v) is 7.83. The summed E-state index contributed by atoms with van der Waals surface area (Å²) in [6.45, 7) is 4.18. The molecule has 0 atom stereocenters. The van der Waals surface area contributed by atoms with Crippen molar-refractivity contribution in [2.75, 3.05) is 29.6 Å². The van der Waals surface area contributed by atoms with Crippen LogP contribution in [-0.2, 0) is 6.54 Å². The standard InChI is InChI=1S/C25H27FN4O2/c1-16-5-11-22(17(2)13-16)29-25(32)28-20-10-12-23(30(3)4)21(14-20)24(31)27-15-18-6-8-19(26)9-7-18/h5-14H,15H2,1-4H3,(H,27,31)(H2,28,29,32). The predicted molar refractivity (Wildman–Crippen MR) is 127 cm³/mol. The lowest BCUT2D eigenvalue weighted by Crippen LogP contribution is -2.26. The van der Waals surface area contributed by atoms with Crippen LogP contribution in [0.1, 0.15) is 27.0 Å². The number of hydrogen-bond acceptors (Lipinski definition) is 3. The van der Waals surface area contributed by atoms with Crippen molar-refractivity contribution in [1.82, 2.24) is 5.32 Å². The van der Waals surface area contributed by atoms with Gasteiger partial charge < -0.3 is 20.9 Å². The lowest BCUT2D eigenvalue weighted by atomic mass is 10.1. The van der Waals surface area contributed by atoms with Gasteiger partial charge in [-0.1, -0.05) is 29.8 Å². The molecule has 0 aliphatic heterocycles. The zero-order chi connectivity index (χ0) is 23.3. The highest BCUT2D eigenvalue weighted by Gasteiger charge is 2.15. The number of urea groups is 1. The highest BCUT2D eigenvalue weighted by Crippen LogP contribution is 2.24. The third-order valence-electron chi connectivity index (χ3n) is 4.98. The van der Waals surface area contributed by atoms with Crippen molar-refractivity contribution >= 4 is 29.0 Å². The first kappa shape index (κ1) is 22.8. The van der Waals surface area contributed by atoms with Crippen molar-refractivity contribution in [2.45, 2.75) is 20.4 Å². The van der Waals surface area contributed by atoms with E-state index in [0.29, 0.717) is 16.9 Å². The van der Waals surface area contributed by atoms with Gasteiger partial charge in [0.05, 0.1) is 5.56 Å². The fourth-order valence-electron chi connectivity index (χ4n) is 3.30. The summed E-state index contributed by atoms with van der Waals surface area (Å²) < 4.78 is 13.1. The van der Waals surface area contributed by atoms with E-state index in [1.807, 2.05) is 51.0 Å². The second kappa shape index (κ2) is 9.96. The molecule has 3 aromatic rings. The number of halogens is 1. The van der Waals surface area contributed by atoms with Gasteiger partial charge in [-0.3, -0.25) is 4.79 Å². The Balaban J connectivity index is 1.73. The molecule has 3 amide bonds. The molecule has 0 spiro atoms. The molecule has 0 bridgehead atoms. The number of nitrogens with one attached hydrogen (secondary N) is 3. The Labute approximate surface area is 187 Å². The van der Waals surface area contributed by atoms with Crippen LogP contribution >= 0.6 is 0 Å². The van der Waals surface area contributed by atoms with Crippen LogP contribution in [0, 0.1) is 19.7 Å². The Hall–Kier alpha value is -3.87. The molecule has 0 heterocycles. The lowest BCUT2D eigenvalue weighted by Gasteiger charge is -2.19. The summed E-state index contributed by atoms with van der Waals surface area (Å²) in [6.07, 6.45) is 0. The monoisotopic (exact) mass is 434 g/mol. The average molecular weight is 435 g/mol. The maximum Gasteiger partial charge on any atom is 0.323 e. The highest BCUT2D eigenvalue weighted by molar-refractivity contribution is 6.04. The molecular formula is C25H27FN4O2. The Morgan fingerprint density at radius 3 is 2.28 bits per heavy atom. The number of nitrogens with zero attached hydrogens (tertiary/aromatic N) is 1. The van der Waals surface area contributed by atoms with Gasteiger partial charge in [-0.25, -0.2) is 9.18 Å². The number of amides is 3. The normalized spacial score (nSPS) is 10.4. The van der Waals surface area contributed by atoms with Gasteiger partial charge in [-0.15, -0.1) is 0 Å². The summed E-state index contributed by atoms with van der Waals surface area (Å²) in [5, 5.41) is 8.46. The SMILES string of the molecule is Cc1ccc(NC(=O)Nc2ccc(N(C)C)c(C(=O)NCc3ccc(F)cc3)c2)c(C)c1. The number of carbonyl (C=O) groups is 2. The van der Waals surface area contributed by atoms with Crippen LogP contribution in [0.5, 0.6) is 0 Å². The van der Waals surface area contributed by atoms with Gasteiger partial charge in [0.25, 0.3) is 5.91 Å². The van der Waals surface area contributed by atoms with Crippen molar-refractivity contribution in [3.8, 4) is 0 Å². The molecule has 3 aromatic carbocycles. The molecular weight excluding hydrogens is 407 g/mol. The third-order valence-corrected chi connectivity index (χ3v) is 4.98. The summed E-state index contributed by atoms with van der Waals surface area (Å²) in [6, 6.07) is 16.5. The molecule has 0 unspecified atom stereocenters. The molecule has 3 N–H and O–H groups in total. The van der Waals surface area contributed by atoms with Gasteiger partial charge in [-0.2, -0.15) is 0 Å². The van der Waals surface area contributed by atoms with Gasteiger partial charge in [0.2, 0.25) is 0 Å². The van der Waals surface area contributed by atoms with E-state index in [0.717, 1.165) is 22.4 Å². The van der Waals surface area contributed by atoms with E-state index in [1.54, 1.807) is 30.3 Å². The maximum atomic E-state index is 13.1. The Morgan fingerprint density at radius 2 is 1.62 bits per heavy atom. The highest BCUT2D eigenvalue weighted by atomic mass is 19.1. The molecule has 7 heteroatoms. The van der Waals surface area contributed by atoms with Crippen LogP contribution in [0.3, 0.4) is 0 Å². The minimum Gasteiger partial charge on any atom is -0.377 e. The number of anilines is 3. The fraction of sp³-hybridized carbons (Fsp3) is 0.200. The molecule has 32 heavy (non-hydrogen) atoms. The average Bonchev–Trinajstić information content (AvgIpc) is 2.75. The van der Waals surface area contributed by atoms with Crippen LogP contribution in [0.15, 0.2) is 60.7 Å². The molecule has 0 aliphatic carbocycles. The molecule has 0 fully saturated rings. The van der Waals surface area contributed by atoms with Crippen molar-refractivity contribution in [1.29, 1.82) is 0 Å². The van der Waals surface area contributed by atoms with Gasteiger partial charge in [0.15, 0.2) is 0 Å².